The summed E-state index contributed by atoms with van der Waals surface area (Å²) in [7, 11) is 0. The third-order valence-electron chi connectivity index (χ3n) is 2.02. The zero-order valence-corrected chi connectivity index (χ0v) is 7.08. The van der Waals surface area contributed by atoms with Crippen LogP contribution in [0.5, 0.6) is 0 Å². The number of halogens is 1. The van der Waals surface area contributed by atoms with Gasteiger partial charge in [-0.05, 0) is 18.2 Å². The second kappa shape index (κ2) is 3.06. The van der Waals surface area contributed by atoms with Crippen LogP contribution < -0.4 is 0 Å². The number of aromatic amines is 1. The summed E-state index contributed by atoms with van der Waals surface area (Å²) >= 11 is 0. The van der Waals surface area contributed by atoms with E-state index in [4.69, 9.17) is 0 Å². The van der Waals surface area contributed by atoms with Gasteiger partial charge in [-0.3, -0.25) is 9.59 Å². The van der Waals surface area contributed by atoms with E-state index in [1.807, 2.05) is 0 Å². The second-order valence-electron chi connectivity index (χ2n) is 2.87. The molecule has 0 fully saturated rings. The van der Waals surface area contributed by atoms with Crippen molar-refractivity contribution in [1.82, 2.24) is 4.98 Å². The van der Waals surface area contributed by atoms with E-state index in [2.05, 4.69) is 4.98 Å². The molecule has 0 saturated heterocycles. The Bertz CT molecular complexity index is 516. The van der Waals surface area contributed by atoms with Gasteiger partial charge >= 0.3 is 0 Å². The lowest BCUT2D eigenvalue weighted by Gasteiger charge is -1.91. The summed E-state index contributed by atoms with van der Waals surface area (Å²) in [6.45, 7) is 0. The number of carbonyl (C=O) groups excluding carboxylic acids is 2. The van der Waals surface area contributed by atoms with Gasteiger partial charge in [0.25, 0.3) is 0 Å². The van der Waals surface area contributed by atoms with Gasteiger partial charge in [0.15, 0.2) is 6.29 Å². The zero-order valence-electron chi connectivity index (χ0n) is 7.08. The fourth-order valence-electron chi connectivity index (χ4n) is 1.37. The Labute approximate surface area is 78.5 Å². The largest absolute Gasteiger partial charge is 0.360 e. The molecule has 70 valence electrons. The van der Waals surface area contributed by atoms with E-state index in [9.17, 15) is 14.0 Å². The zero-order chi connectivity index (χ0) is 10.1. The molecule has 0 aliphatic rings. The van der Waals surface area contributed by atoms with Crippen LogP contribution in [0.4, 0.5) is 4.39 Å². The number of rotatable bonds is 2. The topological polar surface area (TPSA) is 49.9 Å². The van der Waals surface area contributed by atoms with Crippen molar-refractivity contribution in [2.24, 2.45) is 0 Å². The first kappa shape index (κ1) is 8.62. The summed E-state index contributed by atoms with van der Waals surface area (Å²) in [6.07, 6.45) is 1.65. The van der Waals surface area contributed by atoms with Crippen molar-refractivity contribution in [3.63, 3.8) is 0 Å². The van der Waals surface area contributed by atoms with E-state index in [1.165, 1.54) is 24.4 Å². The van der Waals surface area contributed by atoms with E-state index in [0.717, 1.165) is 0 Å². The molecule has 0 atom stereocenters. The van der Waals surface area contributed by atoms with Gasteiger partial charge in [-0.1, -0.05) is 0 Å². The highest BCUT2D eigenvalue weighted by Crippen LogP contribution is 2.18. The molecule has 0 amide bonds. The minimum Gasteiger partial charge on any atom is -0.360 e. The summed E-state index contributed by atoms with van der Waals surface area (Å²) in [5.41, 5.74) is 0.783. The highest BCUT2D eigenvalue weighted by molar-refractivity contribution is 6.36. The van der Waals surface area contributed by atoms with Crippen LogP contribution in [0.15, 0.2) is 24.4 Å². The van der Waals surface area contributed by atoms with Gasteiger partial charge in [0.1, 0.15) is 5.82 Å². The predicted octanol–water partition coefficient (Wildman–Crippen LogP) is 1.69. The molecule has 4 heteroatoms. The molecule has 0 bridgehead atoms. The lowest BCUT2D eigenvalue weighted by atomic mass is 10.1. The number of H-pyrrole nitrogens is 1. The van der Waals surface area contributed by atoms with Gasteiger partial charge in [-0.2, -0.15) is 0 Å². The fraction of sp³-hybridized carbons (Fsp3) is 0. The van der Waals surface area contributed by atoms with E-state index in [-0.39, 0.29) is 17.7 Å². The Hall–Kier alpha value is -1.97. The summed E-state index contributed by atoms with van der Waals surface area (Å²) in [4.78, 5) is 24.1. The summed E-state index contributed by atoms with van der Waals surface area (Å²) in [5.74, 6) is -0.993. The number of benzene rings is 1. The maximum atomic E-state index is 12.8. The second-order valence-corrected chi connectivity index (χ2v) is 2.87. The number of fused-ring (bicyclic) bond motifs is 1. The third kappa shape index (κ3) is 1.21. The van der Waals surface area contributed by atoms with Crippen LogP contribution in [-0.4, -0.2) is 17.1 Å². The number of hydrogen-bond acceptors (Lipinski definition) is 2. The van der Waals surface area contributed by atoms with Gasteiger partial charge in [0.05, 0.1) is 5.56 Å². The SMILES string of the molecule is O=CC(=O)c1c[nH]c2cc(F)ccc12. The average Bonchev–Trinajstić information content (AvgIpc) is 2.59. The van der Waals surface area contributed by atoms with Gasteiger partial charge < -0.3 is 4.98 Å². The minimum absolute atomic E-state index is 0.242. The molecule has 0 unspecified atom stereocenters. The van der Waals surface area contributed by atoms with Crippen LogP contribution in [0, 0.1) is 5.82 Å². The smallest absolute Gasteiger partial charge is 0.227 e. The van der Waals surface area contributed by atoms with Crippen molar-refractivity contribution in [2.45, 2.75) is 0 Å². The lowest BCUT2D eigenvalue weighted by molar-refractivity contribution is -0.104. The lowest BCUT2D eigenvalue weighted by Crippen LogP contribution is -1.97. The number of Topliss-reactive ketones (excluding diaryl/α,β-unsaturated/α-hetero) is 1. The highest BCUT2D eigenvalue weighted by atomic mass is 19.1. The molecule has 2 rings (SSSR count). The summed E-state index contributed by atoms with van der Waals surface area (Å²) < 4.78 is 12.8. The van der Waals surface area contributed by atoms with Gasteiger partial charge in [0, 0.05) is 17.1 Å². The number of aromatic nitrogens is 1. The fourth-order valence-corrected chi connectivity index (χ4v) is 1.37. The summed E-state index contributed by atoms with van der Waals surface area (Å²) in [6, 6.07) is 3.99. The van der Waals surface area contributed by atoms with Crippen LogP contribution in [0.2, 0.25) is 0 Å². The third-order valence-corrected chi connectivity index (χ3v) is 2.02. The molecule has 1 aromatic carbocycles. The van der Waals surface area contributed by atoms with E-state index < -0.39 is 5.78 Å². The number of aldehydes is 1. The van der Waals surface area contributed by atoms with Crippen LogP contribution in [0.25, 0.3) is 10.9 Å². The quantitative estimate of drug-likeness (QED) is 0.446. The van der Waals surface area contributed by atoms with E-state index in [0.29, 0.717) is 10.9 Å². The Balaban J connectivity index is 2.69. The van der Waals surface area contributed by atoms with Crippen LogP contribution in [-0.2, 0) is 4.79 Å². The first-order valence-electron chi connectivity index (χ1n) is 3.98. The number of hydrogen-bond donors (Lipinski definition) is 1. The van der Waals surface area contributed by atoms with Crippen LogP contribution in [0.3, 0.4) is 0 Å². The number of ketones is 1. The van der Waals surface area contributed by atoms with Crippen LogP contribution >= 0.6 is 0 Å². The van der Waals surface area contributed by atoms with Crippen molar-refractivity contribution in [2.75, 3.05) is 0 Å². The van der Waals surface area contributed by atoms with Crippen molar-refractivity contribution in [1.29, 1.82) is 0 Å². The first-order valence-corrected chi connectivity index (χ1v) is 3.98. The number of carbonyl (C=O) groups is 2. The molecule has 1 heterocycles. The molecular weight excluding hydrogens is 185 g/mol. The Kier molecular flexibility index (Phi) is 1.89. The maximum Gasteiger partial charge on any atom is 0.227 e. The van der Waals surface area contributed by atoms with Crippen LogP contribution in [0.1, 0.15) is 10.4 Å². The van der Waals surface area contributed by atoms with Crippen molar-refractivity contribution >= 4 is 23.0 Å². The van der Waals surface area contributed by atoms with Crippen molar-refractivity contribution in [3.05, 3.63) is 35.8 Å². The van der Waals surface area contributed by atoms with Gasteiger partial charge in [-0.25, -0.2) is 4.39 Å². The molecule has 0 saturated carbocycles. The van der Waals surface area contributed by atoms with Crippen molar-refractivity contribution < 1.29 is 14.0 Å². The molecular formula is C10H6FNO2. The normalized spacial score (nSPS) is 10.4. The van der Waals surface area contributed by atoms with E-state index >= 15 is 0 Å². The average molecular weight is 191 g/mol. The number of nitrogens with one attached hydrogen (secondary N) is 1. The molecule has 0 radical (unpaired) electrons. The standard InChI is InChI=1S/C10H6FNO2/c11-6-1-2-7-8(10(14)5-13)4-12-9(7)3-6/h1-5,12H. The van der Waals surface area contributed by atoms with E-state index in [1.54, 1.807) is 0 Å². The molecule has 0 aliphatic heterocycles. The first-order chi connectivity index (χ1) is 6.72. The Morgan fingerprint density at radius 2 is 2.21 bits per heavy atom. The minimum atomic E-state index is -0.608. The van der Waals surface area contributed by atoms with Gasteiger partial charge in [-0.15, -0.1) is 0 Å². The Morgan fingerprint density at radius 3 is 2.93 bits per heavy atom. The monoisotopic (exact) mass is 191 g/mol. The molecule has 0 spiro atoms. The highest BCUT2D eigenvalue weighted by Gasteiger charge is 2.10. The molecule has 1 aromatic heterocycles. The molecule has 2 aromatic rings. The summed E-state index contributed by atoms with van der Waals surface area (Å²) in [5, 5.41) is 0.559. The molecule has 0 aliphatic carbocycles. The molecule has 1 N–H and O–H groups in total. The Morgan fingerprint density at radius 1 is 1.43 bits per heavy atom. The molecule has 14 heavy (non-hydrogen) atoms. The predicted molar refractivity (Wildman–Crippen MR) is 48.7 cm³/mol. The van der Waals surface area contributed by atoms with Crippen molar-refractivity contribution in [3.8, 4) is 0 Å². The maximum absolute atomic E-state index is 12.8. The molecule has 3 nitrogen and oxygen atoms in total. The van der Waals surface area contributed by atoms with Gasteiger partial charge in [0.2, 0.25) is 5.78 Å².